The van der Waals surface area contributed by atoms with Crippen LogP contribution in [0.1, 0.15) is 54.7 Å². The lowest BCUT2D eigenvalue weighted by Crippen LogP contribution is -2.04. The van der Waals surface area contributed by atoms with Crippen LogP contribution in [0.25, 0.3) is 11.1 Å². The van der Waals surface area contributed by atoms with Gasteiger partial charge in [-0.15, -0.1) is 0 Å². The summed E-state index contributed by atoms with van der Waals surface area (Å²) in [4.78, 5) is 0. The summed E-state index contributed by atoms with van der Waals surface area (Å²) in [5, 5.41) is 0. The van der Waals surface area contributed by atoms with Gasteiger partial charge in [-0.25, -0.2) is 0 Å². The molecule has 0 nitrogen and oxygen atoms in total. The standard InChI is InChI=1S/C26H28/c1-3-7-23(8-4-1)25-17-13-21(14-18-25)11-12-22-15-19-26(20-16-22)24-9-5-2-6-10-24/h1,3-4,7-8,13-20,24H,2,5-6,9-12H2. The summed E-state index contributed by atoms with van der Waals surface area (Å²) >= 11 is 0. The quantitative estimate of drug-likeness (QED) is 0.461. The van der Waals surface area contributed by atoms with Gasteiger partial charge in [0.05, 0.1) is 0 Å². The molecule has 0 aromatic heterocycles. The van der Waals surface area contributed by atoms with Crippen LogP contribution in [-0.2, 0) is 12.8 Å². The van der Waals surface area contributed by atoms with Crippen LogP contribution in [0.2, 0.25) is 0 Å². The highest BCUT2D eigenvalue weighted by molar-refractivity contribution is 5.63. The first-order valence-corrected chi connectivity index (χ1v) is 10.1. The molecule has 0 heterocycles. The third-order valence-corrected chi connectivity index (χ3v) is 5.82. The van der Waals surface area contributed by atoms with Crippen LogP contribution in [0.4, 0.5) is 0 Å². The van der Waals surface area contributed by atoms with Crippen molar-refractivity contribution in [3.8, 4) is 11.1 Å². The molecule has 1 aliphatic carbocycles. The Hall–Kier alpha value is -2.34. The van der Waals surface area contributed by atoms with Crippen molar-refractivity contribution in [2.45, 2.75) is 50.9 Å². The van der Waals surface area contributed by atoms with Gasteiger partial charge in [-0.05, 0) is 59.4 Å². The SMILES string of the molecule is c1ccc(-c2ccc(CCc3ccc(C4CCCCC4)cc3)cc2)cc1. The Bertz CT molecular complexity index is 791. The predicted octanol–water partition coefficient (Wildman–Crippen LogP) is 7.19. The summed E-state index contributed by atoms with van der Waals surface area (Å²) in [5.74, 6) is 0.809. The molecule has 1 fully saturated rings. The Morgan fingerprint density at radius 2 is 1.08 bits per heavy atom. The van der Waals surface area contributed by atoms with Crippen LogP contribution >= 0.6 is 0 Å². The van der Waals surface area contributed by atoms with Gasteiger partial charge in [0.1, 0.15) is 0 Å². The maximum absolute atomic E-state index is 2.38. The van der Waals surface area contributed by atoms with Crippen molar-refractivity contribution in [3.05, 3.63) is 95.6 Å². The van der Waals surface area contributed by atoms with E-state index in [9.17, 15) is 0 Å². The first-order valence-electron chi connectivity index (χ1n) is 10.1. The second-order valence-electron chi connectivity index (χ2n) is 7.64. The molecule has 3 aromatic carbocycles. The topological polar surface area (TPSA) is 0 Å². The van der Waals surface area contributed by atoms with E-state index in [0.29, 0.717) is 0 Å². The summed E-state index contributed by atoms with van der Waals surface area (Å²) in [5.41, 5.74) is 7.02. The molecule has 0 unspecified atom stereocenters. The summed E-state index contributed by atoms with van der Waals surface area (Å²) in [6, 6.07) is 29.1. The van der Waals surface area contributed by atoms with E-state index in [2.05, 4.69) is 78.9 Å². The number of hydrogen-bond acceptors (Lipinski definition) is 0. The summed E-state index contributed by atoms with van der Waals surface area (Å²) in [6.45, 7) is 0. The molecule has 0 amide bonds. The van der Waals surface area contributed by atoms with Crippen molar-refractivity contribution in [3.63, 3.8) is 0 Å². The van der Waals surface area contributed by atoms with Crippen molar-refractivity contribution >= 4 is 0 Å². The van der Waals surface area contributed by atoms with Crippen LogP contribution in [0.15, 0.2) is 78.9 Å². The molecule has 1 aliphatic rings. The van der Waals surface area contributed by atoms with Gasteiger partial charge in [-0.2, -0.15) is 0 Å². The number of hydrogen-bond donors (Lipinski definition) is 0. The fourth-order valence-corrected chi connectivity index (χ4v) is 4.18. The number of aryl methyl sites for hydroxylation is 2. The molecule has 1 saturated carbocycles. The molecule has 0 spiro atoms. The van der Waals surface area contributed by atoms with Crippen LogP contribution < -0.4 is 0 Å². The zero-order chi connectivity index (χ0) is 17.6. The third kappa shape index (κ3) is 4.25. The van der Waals surface area contributed by atoms with E-state index < -0.39 is 0 Å². The van der Waals surface area contributed by atoms with Gasteiger partial charge >= 0.3 is 0 Å². The minimum atomic E-state index is 0.809. The third-order valence-electron chi connectivity index (χ3n) is 5.82. The van der Waals surface area contributed by atoms with Gasteiger partial charge in [0.15, 0.2) is 0 Å². The molecule has 3 aromatic rings. The summed E-state index contributed by atoms with van der Waals surface area (Å²) in [6.07, 6.45) is 9.24. The van der Waals surface area contributed by atoms with E-state index in [0.717, 1.165) is 18.8 Å². The van der Waals surface area contributed by atoms with E-state index in [1.54, 1.807) is 5.56 Å². The largest absolute Gasteiger partial charge is 0.0622 e. The maximum atomic E-state index is 2.38. The van der Waals surface area contributed by atoms with E-state index in [1.165, 1.54) is 54.4 Å². The number of benzene rings is 3. The molecule has 0 aliphatic heterocycles. The van der Waals surface area contributed by atoms with Gasteiger partial charge in [0, 0.05) is 0 Å². The van der Waals surface area contributed by atoms with Crippen molar-refractivity contribution in [1.82, 2.24) is 0 Å². The second-order valence-corrected chi connectivity index (χ2v) is 7.64. The molecule has 0 radical (unpaired) electrons. The zero-order valence-corrected chi connectivity index (χ0v) is 15.5. The smallest absolute Gasteiger partial charge is 0.0162 e. The molecule has 0 bridgehead atoms. The highest BCUT2D eigenvalue weighted by Gasteiger charge is 2.14. The van der Waals surface area contributed by atoms with E-state index in [-0.39, 0.29) is 0 Å². The highest BCUT2D eigenvalue weighted by atomic mass is 14.2. The Morgan fingerprint density at radius 1 is 0.538 bits per heavy atom. The van der Waals surface area contributed by atoms with Crippen molar-refractivity contribution in [2.75, 3.05) is 0 Å². The van der Waals surface area contributed by atoms with Gasteiger partial charge in [0.2, 0.25) is 0 Å². The van der Waals surface area contributed by atoms with Crippen LogP contribution in [0.5, 0.6) is 0 Å². The highest BCUT2D eigenvalue weighted by Crippen LogP contribution is 2.32. The van der Waals surface area contributed by atoms with E-state index >= 15 is 0 Å². The molecule has 26 heavy (non-hydrogen) atoms. The molecule has 0 saturated heterocycles. The average Bonchev–Trinajstić information content (AvgIpc) is 2.74. The minimum Gasteiger partial charge on any atom is -0.0622 e. The van der Waals surface area contributed by atoms with Gasteiger partial charge in [0.25, 0.3) is 0 Å². The molecular weight excluding hydrogens is 312 g/mol. The van der Waals surface area contributed by atoms with Crippen molar-refractivity contribution < 1.29 is 0 Å². The molecular formula is C26H28. The Morgan fingerprint density at radius 3 is 1.69 bits per heavy atom. The first-order chi connectivity index (χ1) is 12.9. The monoisotopic (exact) mass is 340 g/mol. The summed E-state index contributed by atoms with van der Waals surface area (Å²) < 4.78 is 0. The molecule has 0 atom stereocenters. The fraction of sp³-hybridized carbons (Fsp3) is 0.308. The second kappa shape index (κ2) is 8.36. The van der Waals surface area contributed by atoms with Crippen molar-refractivity contribution in [1.29, 1.82) is 0 Å². The predicted molar refractivity (Wildman–Crippen MR) is 112 cm³/mol. The van der Waals surface area contributed by atoms with Gasteiger partial charge in [-0.3, -0.25) is 0 Å². The average molecular weight is 341 g/mol. The lowest BCUT2D eigenvalue weighted by atomic mass is 9.84. The zero-order valence-electron chi connectivity index (χ0n) is 15.5. The lowest BCUT2D eigenvalue weighted by molar-refractivity contribution is 0.443. The van der Waals surface area contributed by atoms with E-state index in [4.69, 9.17) is 0 Å². The Kier molecular flexibility index (Phi) is 5.50. The minimum absolute atomic E-state index is 0.809. The molecule has 4 rings (SSSR count). The first kappa shape index (κ1) is 17.1. The normalized spacial score (nSPS) is 15.1. The molecule has 0 N–H and O–H groups in total. The van der Waals surface area contributed by atoms with Gasteiger partial charge in [-0.1, -0.05) is 98.1 Å². The Labute approximate surface area is 157 Å². The summed E-state index contributed by atoms with van der Waals surface area (Å²) in [7, 11) is 0. The lowest BCUT2D eigenvalue weighted by Gasteiger charge is -2.22. The Balaban J connectivity index is 1.35. The van der Waals surface area contributed by atoms with Crippen molar-refractivity contribution in [2.24, 2.45) is 0 Å². The van der Waals surface area contributed by atoms with Crippen LogP contribution in [-0.4, -0.2) is 0 Å². The number of rotatable bonds is 5. The van der Waals surface area contributed by atoms with Crippen LogP contribution in [0, 0.1) is 0 Å². The molecule has 132 valence electrons. The fourth-order valence-electron chi connectivity index (χ4n) is 4.18. The van der Waals surface area contributed by atoms with Gasteiger partial charge < -0.3 is 0 Å². The molecule has 0 heteroatoms. The van der Waals surface area contributed by atoms with E-state index in [1.807, 2.05) is 0 Å². The van der Waals surface area contributed by atoms with Crippen LogP contribution in [0.3, 0.4) is 0 Å². The maximum Gasteiger partial charge on any atom is -0.0162 e.